The average molecular weight is 369 g/mol. The molecule has 0 aliphatic rings. The van der Waals surface area contributed by atoms with E-state index in [1.165, 1.54) is 18.0 Å². The quantitative estimate of drug-likeness (QED) is 0.624. The maximum absolute atomic E-state index is 12.7. The highest BCUT2D eigenvalue weighted by atomic mass is 35.5. The second-order valence-corrected chi connectivity index (χ2v) is 5.99. The molecule has 0 amide bonds. The van der Waals surface area contributed by atoms with Gasteiger partial charge in [-0.15, -0.1) is 0 Å². The number of hydrogen-bond acceptors (Lipinski definition) is 5. The Morgan fingerprint density at radius 2 is 1.79 bits per heavy atom. The van der Waals surface area contributed by atoms with Crippen LogP contribution in [0.4, 0.5) is 13.2 Å². The summed E-state index contributed by atoms with van der Waals surface area (Å²) in [6.45, 7) is 0. The Kier molecular flexibility index (Phi) is 4.68. The standard InChI is InChI=1S/C15H8ClF3N4S/c16-10-7-9(15(17,18)19)8-22-13(10)14-21-6-4-12(23-14)24-11-3-1-2-5-20-11/h1-8H. The van der Waals surface area contributed by atoms with E-state index in [2.05, 4.69) is 19.9 Å². The van der Waals surface area contributed by atoms with Crippen LogP contribution < -0.4 is 0 Å². The van der Waals surface area contributed by atoms with Crippen molar-refractivity contribution in [2.24, 2.45) is 0 Å². The number of aromatic nitrogens is 4. The molecule has 0 aliphatic heterocycles. The second-order valence-electron chi connectivity index (χ2n) is 4.54. The van der Waals surface area contributed by atoms with E-state index in [1.807, 2.05) is 12.1 Å². The Morgan fingerprint density at radius 3 is 2.46 bits per heavy atom. The van der Waals surface area contributed by atoms with Gasteiger partial charge in [0.2, 0.25) is 0 Å². The summed E-state index contributed by atoms with van der Waals surface area (Å²) in [7, 11) is 0. The van der Waals surface area contributed by atoms with Gasteiger partial charge in [0.05, 0.1) is 10.6 Å². The van der Waals surface area contributed by atoms with Crippen molar-refractivity contribution >= 4 is 23.4 Å². The molecule has 0 fully saturated rings. The van der Waals surface area contributed by atoms with Crippen LogP contribution in [-0.2, 0) is 6.18 Å². The van der Waals surface area contributed by atoms with Gasteiger partial charge < -0.3 is 0 Å². The first kappa shape index (κ1) is 16.7. The zero-order valence-corrected chi connectivity index (χ0v) is 13.4. The SMILES string of the molecule is FC(F)(F)c1cnc(-c2nccc(Sc3ccccn3)n2)c(Cl)c1. The summed E-state index contributed by atoms with van der Waals surface area (Å²) in [6.07, 6.45) is -0.655. The van der Waals surface area contributed by atoms with Crippen molar-refractivity contribution in [3.63, 3.8) is 0 Å². The van der Waals surface area contributed by atoms with Crippen LogP contribution in [-0.4, -0.2) is 19.9 Å². The van der Waals surface area contributed by atoms with Gasteiger partial charge in [-0.3, -0.25) is 4.98 Å². The summed E-state index contributed by atoms with van der Waals surface area (Å²) in [6, 6.07) is 7.93. The van der Waals surface area contributed by atoms with Crippen LogP contribution >= 0.6 is 23.4 Å². The number of alkyl halides is 3. The molecule has 3 rings (SSSR count). The van der Waals surface area contributed by atoms with E-state index in [0.29, 0.717) is 11.2 Å². The molecule has 122 valence electrons. The summed E-state index contributed by atoms with van der Waals surface area (Å²) < 4.78 is 38.0. The smallest absolute Gasteiger partial charge is 0.251 e. The fraction of sp³-hybridized carbons (Fsp3) is 0.0667. The first-order valence-electron chi connectivity index (χ1n) is 6.58. The van der Waals surface area contributed by atoms with Crippen molar-refractivity contribution in [2.45, 2.75) is 16.2 Å². The zero-order valence-electron chi connectivity index (χ0n) is 11.8. The minimum absolute atomic E-state index is 0.0909. The number of halogens is 4. The minimum Gasteiger partial charge on any atom is -0.251 e. The Morgan fingerprint density at radius 1 is 0.958 bits per heavy atom. The summed E-state index contributed by atoms with van der Waals surface area (Å²) in [4.78, 5) is 16.2. The zero-order chi connectivity index (χ0) is 17.2. The average Bonchev–Trinajstić information content (AvgIpc) is 2.55. The Balaban J connectivity index is 1.92. The van der Waals surface area contributed by atoms with Gasteiger partial charge in [0.25, 0.3) is 0 Å². The van der Waals surface area contributed by atoms with Crippen LogP contribution in [0.2, 0.25) is 5.02 Å². The largest absolute Gasteiger partial charge is 0.417 e. The van der Waals surface area contributed by atoms with Gasteiger partial charge in [0, 0.05) is 18.6 Å². The molecule has 0 unspecified atom stereocenters. The van der Waals surface area contributed by atoms with E-state index in [9.17, 15) is 13.2 Å². The summed E-state index contributed by atoms with van der Waals surface area (Å²) >= 11 is 7.22. The Bertz CT molecular complexity index is 859. The predicted octanol–water partition coefficient (Wildman–Crippen LogP) is 4.76. The molecular formula is C15H8ClF3N4S. The van der Waals surface area contributed by atoms with Crippen LogP contribution in [0, 0.1) is 0 Å². The lowest BCUT2D eigenvalue weighted by atomic mass is 10.2. The molecule has 9 heteroatoms. The summed E-state index contributed by atoms with van der Waals surface area (Å²) in [5.74, 6) is 0.148. The van der Waals surface area contributed by atoms with Crippen molar-refractivity contribution in [3.05, 3.63) is 59.5 Å². The van der Waals surface area contributed by atoms with Gasteiger partial charge in [0.1, 0.15) is 15.7 Å². The van der Waals surface area contributed by atoms with Crippen LogP contribution in [0.1, 0.15) is 5.56 Å². The van der Waals surface area contributed by atoms with Crippen molar-refractivity contribution < 1.29 is 13.2 Å². The van der Waals surface area contributed by atoms with Gasteiger partial charge in [-0.2, -0.15) is 13.2 Å². The van der Waals surface area contributed by atoms with Crippen LogP contribution in [0.25, 0.3) is 11.5 Å². The second kappa shape index (κ2) is 6.74. The van der Waals surface area contributed by atoms with Crippen LogP contribution in [0.5, 0.6) is 0 Å². The fourth-order valence-electron chi connectivity index (χ4n) is 1.79. The molecule has 0 spiro atoms. The first-order valence-corrected chi connectivity index (χ1v) is 7.78. The highest BCUT2D eigenvalue weighted by molar-refractivity contribution is 7.99. The molecule has 0 aliphatic carbocycles. The fourth-order valence-corrected chi connectivity index (χ4v) is 2.77. The van der Waals surface area contributed by atoms with E-state index in [1.54, 1.807) is 18.3 Å². The lowest BCUT2D eigenvalue weighted by molar-refractivity contribution is -0.137. The highest BCUT2D eigenvalue weighted by Gasteiger charge is 2.31. The van der Waals surface area contributed by atoms with E-state index < -0.39 is 11.7 Å². The first-order chi connectivity index (χ1) is 11.4. The third-order valence-electron chi connectivity index (χ3n) is 2.86. The lowest BCUT2D eigenvalue weighted by Gasteiger charge is -2.09. The molecule has 0 bridgehead atoms. The molecule has 0 saturated carbocycles. The molecule has 24 heavy (non-hydrogen) atoms. The molecule has 0 aromatic carbocycles. The number of rotatable bonds is 3. The van der Waals surface area contributed by atoms with Crippen molar-refractivity contribution in [1.82, 2.24) is 19.9 Å². The molecule has 0 atom stereocenters. The number of pyridine rings is 2. The van der Waals surface area contributed by atoms with Gasteiger partial charge in [-0.05, 0) is 36.0 Å². The Labute approximate surface area is 144 Å². The molecular weight excluding hydrogens is 361 g/mol. The molecule has 4 nitrogen and oxygen atoms in total. The van der Waals surface area contributed by atoms with Crippen molar-refractivity contribution in [1.29, 1.82) is 0 Å². The van der Waals surface area contributed by atoms with Gasteiger partial charge >= 0.3 is 6.18 Å². The van der Waals surface area contributed by atoms with Crippen LogP contribution in [0.15, 0.2) is 59.0 Å². The maximum Gasteiger partial charge on any atom is 0.417 e. The predicted molar refractivity (Wildman–Crippen MR) is 83.6 cm³/mol. The van der Waals surface area contributed by atoms with Gasteiger partial charge in [-0.1, -0.05) is 17.7 Å². The third kappa shape index (κ3) is 3.82. The molecule has 3 aromatic rings. The van der Waals surface area contributed by atoms with Gasteiger partial charge in [-0.25, -0.2) is 15.0 Å². The minimum atomic E-state index is -4.51. The van der Waals surface area contributed by atoms with E-state index in [0.717, 1.165) is 11.1 Å². The molecule has 3 heterocycles. The summed E-state index contributed by atoms with van der Waals surface area (Å²) in [5, 5.41) is 1.15. The van der Waals surface area contributed by atoms with Crippen LogP contribution in [0.3, 0.4) is 0 Å². The van der Waals surface area contributed by atoms with Gasteiger partial charge in [0.15, 0.2) is 5.82 Å². The normalized spacial score (nSPS) is 11.5. The molecule has 0 N–H and O–H groups in total. The third-order valence-corrected chi connectivity index (χ3v) is 4.03. The number of nitrogens with zero attached hydrogens (tertiary/aromatic N) is 4. The van der Waals surface area contributed by atoms with E-state index in [4.69, 9.17) is 11.6 Å². The summed E-state index contributed by atoms with van der Waals surface area (Å²) in [5.41, 5.74) is -0.830. The molecule has 0 saturated heterocycles. The number of hydrogen-bond donors (Lipinski definition) is 0. The van der Waals surface area contributed by atoms with Crippen molar-refractivity contribution in [3.8, 4) is 11.5 Å². The molecule has 3 aromatic heterocycles. The van der Waals surface area contributed by atoms with E-state index in [-0.39, 0.29) is 16.5 Å². The topological polar surface area (TPSA) is 51.6 Å². The molecule has 0 radical (unpaired) electrons. The van der Waals surface area contributed by atoms with Crippen molar-refractivity contribution in [2.75, 3.05) is 0 Å². The lowest BCUT2D eigenvalue weighted by Crippen LogP contribution is -2.06. The monoisotopic (exact) mass is 368 g/mol. The highest BCUT2D eigenvalue weighted by Crippen LogP contribution is 2.33. The maximum atomic E-state index is 12.7. The van der Waals surface area contributed by atoms with E-state index >= 15 is 0 Å². The Hall–Kier alpha value is -2.19.